The molecule has 0 atom stereocenters. The summed E-state index contributed by atoms with van der Waals surface area (Å²) in [6, 6.07) is 55.0. The van der Waals surface area contributed by atoms with Crippen molar-refractivity contribution in [2.24, 2.45) is 10.7 Å². The Kier molecular flexibility index (Phi) is 7.75. The number of nitrogens with two attached hydrogens (primary N) is 1. The van der Waals surface area contributed by atoms with Crippen LogP contribution in [0.1, 0.15) is 16.0 Å². The Balaban J connectivity index is 1.02. The quantitative estimate of drug-likeness (QED) is 0.128. The van der Waals surface area contributed by atoms with Crippen molar-refractivity contribution in [3.63, 3.8) is 0 Å². The number of aliphatic imine (C=N–C) groups is 1. The first-order chi connectivity index (χ1) is 28.1. The van der Waals surface area contributed by atoms with Crippen molar-refractivity contribution >= 4 is 76.8 Å². The van der Waals surface area contributed by atoms with Crippen LogP contribution in [0.4, 0.5) is 5.69 Å². The minimum absolute atomic E-state index is 0.454. The van der Waals surface area contributed by atoms with Crippen LogP contribution in [-0.2, 0) is 6.42 Å². The molecule has 2 N–H and O–H groups in total. The van der Waals surface area contributed by atoms with Gasteiger partial charge in [-0.25, -0.2) is 19.9 Å². The molecular weight excluding hydrogens is 723 g/mol. The van der Waals surface area contributed by atoms with Crippen molar-refractivity contribution in [2.75, 3.05) is 0 Å². The maximum absolute atomic E-state index is 6.83. The maximum Gasteiger partial charge on any atom is 0.164 e. The minimum Gasteiger partial charge on any atom is -0.456 e. The molecule has 0 bridgehead atoms. The van der Waals surface area contributed by atoms with Gasteiger partial charge in [-0.2, -0.15) is 0 Å². The van der Waals surface area contributed by atoms with Gasteiger partial charge < -0.3 is 14.6 Å². The van der Waals surface area contributed by atoms with Crippen molar-refractivity contribution < 1.29 is 8.83 Å². The Morgan fingerprint density at radius 1 is 0.526 bits per heavy atom. The lowest BCUT2D eigenvalue weighted by Gasteiger charge is -2.09. The molecule has 7 nitrogen and oxygen atoms in total. The average Bonchev–Trinajstić information content (AvgIpc) is 3.94. The molecule has 0 aliphatic carbocycles. The van der Waals surface area contributed by atoms with E-state index in [1.807, 2.05) is 103 Å². The van der Waals surface area contributed by atoms with E-state index in [1.165, 1.54) is 0 Å². The molecule has 11 aromatic rings. The van der Waals surface area contributed by atoms with Crippen LogP contribution in [0.5, 0.6) is 0 Å². The molecular formula is C49H31N5O2S. The van der Waals surface area contributed by atoms with Crippen molar-refractivity contribution in [2.45, 2.75) is 6.42 Å². The Morgan fingerprint density at radius 3 is 1.93 bits per heavy atom. The summed E-state index contributed by atoms with van der Waals surface area (Å²) in [4.78, 5) is 21.3. The van der Waals surface area contributed by atoms with E-state index in [0.717, 1.165) is 92.3 Å². The van der Waals surface area contributed by atoms with Gasteiger partial charge >= 0.3 is 0 Å². The van der Waals surface area contributed by atoms with Gasteiger partial charge in [0.1, 0.15) is 28.2 Å². The number of thiophene rings is 1. The number of nitrogens with zero attached hydrogens (tertiary/aromatic N) is 4. The smallest absolute Gasteiger partial charge is 0.164 e. The molecule has 57 heavy (non-hydrogen) atoms. The summed E-state index contributed by atoms with van der Waals surface area (Å²) in [5.41, 5.74) is 15.6. The third-order valence-electron chi connectivity index (χ3n) is 10.4. The SMILES string of the molecule is NC(=Nc1c(Cc2ccc3oc4cccc(-c5nc(-c6ccccc6)nc(-c6ccccc6)n5)c4c3c2)sc2ccccc12)c1ccc2oc3ccccc3c2c1. The van der Waals surface area contributed by atoms with Gasteiger partial charge in [0.15, 0.2) is 17.5 Å². The molecule has 0 saturated heterocycles. The molecule has 4 heterocycles. The van der Waals surface area contributed by atoms with E-state index in [1.54, 1.807) is 11.3 Å². The number of hydrogen-bond acceptors (Lipinski definition) is 7. The lowest BCUT2D eigenvalue weighted by Crippen LogP contribution is -2.12. The number of furan rings is 2. The zero-order valence-corrected chi connectivity index (χ0v) is 31.2. The van der Waals surface area contributed by atoms with Crippen LogP contribution in [0.3, 0.4) is 0 Å². The highest BCUT2D eigenvalue weighted by Gasteiger charge is 2.20. The number of fused-ring (bicyclic) bond motifs is 7. The third-order valence-corrected chi connectivity index (χ3v) is 11.6. The molecule has 0 unspecified atom stereocenters. The summed E-state index contributed by atoms with van der Waals surface area (Å²) in [5, 5.41) is 5.09. The second-order valence-electron chi connectivity index (χ2n) is 14.0. The largest absolute Gasteiger partial charge is 0.456 e. The van der Waals surface area contributed by atoms with Crippen LogP contribution in [0.15, 0.2) is 178 Å². The van der Waals surface area contributed by atoms with Crippen LogP contribution in [0.2, 0.25) is 0 Å². The zero-order chi connectivity index (χ0) is 37.9. The minimum atomic E-state index is 0.454. The average molecular weight is 754 g/mol. The van der Waals surface area contributed by atoms with E-state index in [-0.39, 0.29) is 0 Å². The second kappa shape index (κ2) is 13.4. The normalized spacial score (nSPS) is 12.1. The van der Waals surface area contributed by atoms with Crippen molar-refractivity contribution in [1.82, 2.24) is 15.0 Å². The Labute approximate surface area is 330 Å². The van der Waals surface area contributed by atoms with Crippen LogP contribution in [0, 0.1) is 0 Å². The Hall–Kier alpha value is -7.42. The Bertz CT molecular complexity index is 3290. The van der Waals surface area contributed by atoms with Crippen molar-refractivity contribution in [3.8, 4) is 34.2 Å². The maximum atomic E-state index is 6.83. The van der Waals surface area contributed by atoms with Gasteiger partial charge in [-0.05, 0) is 54.1 Å². The van der Waals surface area contributed by atoms with Gasteiger partial charge in [0.25, 0.3) is 0 Å². The summed E-state index contributed by atoms with van der Waals surface area (Å²) in [5.74, 6) is 2.26. The summed E-state index contributed by atoms with van der Waals surface area (Å²) in [7, 11) is 0. The first-order valence-corrected chi connectivity index (χ1v) is 19.5. The van der Waals surface area contributed by atoms with Crippen LogP contribution < -0.4 is 5.73 Å². The van der Waals surface area contributed by atoms with Gasteiger partial charge in [-0.3, -0.25) is 0 Å². The molecule has 0 saturated carbocycles. The molecule has 0 spiro atoms. The first kappa shape index (κ1) is 33.0. The molecule has 0 aliphatic heterocycles. The van der Waals surface area contributed by atoms with E-state index >= 15 is 0 Å². The molecule has 0 amide bonds. The summed E-state index contributed by atoms with van der Waals surface area (Å²) < 4.78 is 13.7. The van der Waals surface area contributed by atoms with Crippen LogP contribution in [0.25, 0.3) is 88.1 Å². The summed E-state index contributed by atoms with van der Waals surface area (Å²) >= 11 is 1.74. The molecule has 0 radical (unpaired) electrons. The second-order valence-corrected chi connectivity index (χ2v) is 15.1. The fraction of sp³-hybridized carbons (Fsp3) is 0.0204. The van der Waals surface area contributed by atoms with Crippen LogP contribution >= 0.6 is 11.3 Å². The predicted octanol–water partition coefficient (Wildman–Crippen LogP) is 12.5. The van der Waals surface area contributed by atoms with E-state index in [9.17, 15) is 0 Å². The van der Waals surface area contributed by atoms with E-state index in [2.05, 4.69) is 60.7 Å². The van der Waals surface area contributed by atoms with Crippen LogP contribution in [-0.4, -0.2) is 20.8 Å². The number of para-hydroxylation sites is 1. The van der Waals surface area contributed by atoms with Gasteiger partial charge in [-0.15, -0.1) is 11.3 Å². The lowest BCUT2D eigenvalue weighted by atomic mass is 10.0. The van der Waals surface area contributed by atoms with Gasteiger partial charge in [0, 0.05) is 65.2 Å². The van der Waals surface area contributed by atoms with Gasteiger partial charge in [0.05, 0.1) is 5.69 Å². The van der Waals surface area contributed by atoms with Gasteiger partial charge in [0.2, 0.25) is 0 Å². The molecule has 0 aliphatic rings. The van der Waals surface area contributed by atoms with E-state index < -0.39 is 0 Å². The molecule has 4 aromatic heterocycles. The molecule has 0 fully saturated rings. The number of benzene rings is 7. The number of amidine groups is 1. The monoisotopic (exact) mass is 753 g/mol. The predicted molar refractivity (Wildman–Crippen MR) is 232 cm³/mol. The first-order valence-electron chi connectivity index (χ1n) is 18.7. The standard InChI is InChI=1S/C49H31N5O2S/c50-46(32-23-25-39-36(28-32)33-16-7-9-19-38(33)55-39)51-45-34-17-8-10-21-42(34)57-43(45)27-29-22-24-40-37(26-29)44-35(18-11-20-41(44)56-40)49-53-47(30-12-3-1-4-13-30)52-48(54-49)31-14-5-2-6-15-31/h1-26,28H,27H2,(H2,50,51). The fourth-order valence-corrected chi connectivity index (χ4v) is 8.86. The fourth-order valence-electron chi connectivity index (χ4n) is 7.68. The topological polar surface area (TPSA) is 103 Å². The Morgan fingerprint density at radius 2 is 1.14 bits per heavy atom. The van der Waals surface area contributed by atoms with Crippen molar-refractivity contribution in [3.05, 3.63) is 180 Å². The third kappa shape index (κ3) is 5.82. The zero-order valence-electron chi connectivity index (χ0n) is 30.4. The number of hydrogen-bond donors (Lipinski definition) is 1. The van der Waals surface area contributed by atoms with E-state index in [0.29, 0.717) is 29.7 Å². The van der Waals surface area contributed by atoms with E-state index in [4.69, 9.17) is 34.5 Å². The lowest BCUT2D eigenvalue weighted by molar-refractivity contribution is 0.668. The molecule has 11 rings (SSSR count). The highest BCUT2D eigenvalue weighted by molar-refractivity contribution is 7.19. The highest BCUT2D eigenvalue weighted by Crippen LogP contribution is 2.42. The van der Waals surface area contributed by atoms with Gasteiger partial charge in [-0.1, -0.05) is 115 Å². The molecule has 270 valence electrons. The summed E-state index contributed by atoms with van der Waals surface area (Å²) in [6.45, 7) is 0. The molecule has 7 aromatic carbocycles. The van der Waals surface area contributed by atoms with Crippen molar-refractivity contribution in [1.29, 1.82) is 0 Å². The number of aromatic nitrogens is 3. The highest BCUT2D eigenvalue weighted by atomic mass is 32.1. The number of rotatable bonds is 7. The molecule has 8 heteroatoms. The summed E-state index contributed by atoms with van der Waals surface area (Å²) in [6.07, 6.45) is 0.656.